The Labute approximate surface area is 98.8 Å². The van der Waals surface area contributed by atoms with Crippen LogP contribution in [0.5, 0.6) is 0 Å². The Morgan fingerprint density at radius 3 is 2.27 bits per heavy atom. The number of carboxylic acid groups (broad SMARTS) is 1. The van der Waals surface area contributed by atoms with Gasteiger partial charge in [0, 0.05) is 0 Å². The van der Waals surface area contributed by atoms with Crippen molar-refractivity contribution >= 4 is 29.2 Å². The first-order valence-electron chi connectivity index (χ1n) is 4.61. The van der Waals surface area contributed by atoms with Crippen molar-refractivity contribution in [2.75, 3.05) is 0 Å². The number of carbonyl (C=O) groups is 1. The average Bonchev–Trinajstić information content (AvgIpc) is 2.10. The maximum atomic E-state index is 11.1. The van der Waals surface area contributed by atoms with E-state index in [1.54, 1.807) is 18.2 Å². The van der Waals surface area contributed by atoms with Crippen molar-refractivity contribution in [3.63, 3.8) is 0 Å². The van der Waals surface area contributed by atoms with Crippen LogP contribution in [0.15, 0.2) is 18.2 Å². The first kappa shape index (κ1) is 12.3. The third kappa shape index (κ3) is 2.86. The van der Waals surface area contributed by atoms with E-state index in [1.165, 1.54) is 0 Å². The van der Waals surface area contributed by atoms with Crippen LogP contribution in [-0.2, 0) is 4.79 Å². The molecule has 2 nitrogen and oxygen atoms in total. The van der Waals surface area contributed by atoms with E-state index in [1.807, 2.05) is 13.8 Å². The maximum Gasteiger partial charge on any atom is 0.311 e. The molecule has 1 unspecified atom stereocenters. The fraction of sp³-hybridized carbons (Fsp3) is 0.364. The fourth-order valence-electron chi connectivity index (χ4n) is 1.52. The minimum Gasteiger partial charge on any atom is -0.481 e. The number of hydrogen-bond donors (Lipinski definition) is 1. The summed E-state index contributed by atoms with van der Waals surface area (Å²) in [5.74, 6) is -1.37. The van der Waals surface area contributed by atoms with E-state index in [0.29, 0.717) is 15.6 Å². The van der Waals surface area contributed by atoms with Crippen LogP contribution in [0.4, 0.5) is 0 Å². The van der Waals surface area contributed by atoms with E-state index in [4.69, 9.17) is 28.3 Å². The van der Waals surface area contributed by atoms with Gasteiger partial charge in [-0.2, -0.15) is 0 Å². The zero-order valence-electron chi connectivity index (χ0n) is 8.50. The Morgan fingerprint density at radius 1 is 1.27 bits per heavy atom. The summed E-state index contributed by atoms with van der Waals surface area (Å²) >= 11 is 11.6. The third-order valence-corrected chi connectivity index (χ3v) is 2.97. The zero-order chi connectivity index (χ0) is 11.6. The van der Waals surface area contributed by atoms with E-state index in [9.17, 15) is 4.79 Å². The zero-order valence-corrected chi connectivity index (χ0v) is 10.0. The number of carboxylic acids is 1. The lowest BCUT2D eigenvalue weighted by molar-refractivity contribution is -0.139. The molecular weight excluding hydrogens is 235 g/mol. The standard InChI is InChI=1S/C11H12Cl2O2/c1-6(2)10(11(14)15)7-3-4-8(12)9(13)5-7/h3-6,10H,1-2H3,(H,14,15). The highest BCUT2D eigenvalue weighted by atomic mass is 35.5. The van der Waals surface area contributed by atoms with E-state index >= 15 is 0 Å². The fourth-order valence-corrected chi connectivity index (χ4v) is 1.82. The molecule has 0 bridgehead atoms. The predicted molar refractivity (Wildman–Crippen MR) is 61.7 cm³/mol. The number of aliphatic carboxylic acids is 1. The molecule has 0 saturated heterocycles. The summed E-state index contributed by atoms with van der Waals surface area (Å²) in [7, 11) is 0. The van der Waals surface area contributed by atoms with E-state index in [-0.39, 0.29) is 5.92 Å². The molecule has 0 aliphatic rings. The molecule has 0 aliphatic carbocycles. The van der Waals surface area contributed by atoms with Crippen LogP contribution < -0.4 is 0 Å². The van der Waals surface area contributed by atoms with Gasteiger partial charge in [-0.05, 0) is 23.6 Å². The van der Waals surface area contributed by atoms with Gasteiger partial charge in [-0.1, -0.05) is 43.1 Å². The summed E-state index contributed by atoms with van der Waals surface area (Å²) < 4.78 is 0. The molecule has 1 aromatic carbocycles. The highest BCUT2D eigenvalue weighted by Gasteiger charge is 2.23. The van der Waals surface area contributed by atoms with Gasteiger partial charge >= 0.3 is 5.97 Å². The summed E-state index contributed by atoms with van der Waals surface area (Å²) in [5.41, 5.74) is 0.687. The molecule has 0 aromatic heterocycles. The molecule has 1 atom stereocenters. The van der Waals surface area contributed by atoms with Crippen LogP contribution in [0.25, 0.3) is 0 Å². The summed E-state index contributed by atoms with van der Waals surface area (Å²) in [5, 5.41) is 9.91. The van der Waals surface area contributed by atoms with Gasteiger partial charge in [-0.3, -0.25) is 4.79 Å². The van der Waals surface area contributed by atoms with Crippen LogP contribution in [-0.4, -0.2) is 11.1 Å². The molecule has 0 aliphatic heterocycles. The molecule has 0 amide bonds. The first-order chi connectivity index (χ1) is 6.93. The largest absolute Gasteiger partial charge is 0.481 e. The second-order valence-corrected chi connectivity index (χ2v) is 4.55. The second kappa shape index (κ2) is 4.86. The second-order valence-electron chi connectivity index (χ2n) is 3.73. The lowest BCUT2D eigenvalue weighted by Crippen LogP contribution is -2.17. The van der Waals surface area contributed by atoms with Crippen molar-refractivity contribution in [1.29, 1.82) is 0 Å². The number of hydrogen-bond acceptors (Lipinski definition) is 1. The minimum atomic E-state index is -0.844. The topological polar surface area (TPSA) is 37.3 Å². The Morgan fingerprint density at radius 2 is 1.87 bits per heavy atom. The van der Waals surface area contributed by atoms with Gasteiger partial charge in [0.05, 0.1) is 16.0 Å². The molecule has 15 heavy (non-hydrogen) atoms. The lowest BCUT2D eigenvalue weighted by atomic mass is 9.89. The van der Waals surface area contributed by atoms with Crippen molar-refractivity contribution in [3.8, 4) is 0 Å². The van der Waals surface area contributed by atoms with Gasteiger partial charge < -0.3 is 5.11 Å². The molecule has 1 aromatic rings. The number of rotatable bonds is 3. The SMILES string of the molecule is CC(C)C(C(=O)O)c1ccc(Cl)c(Cl)c1. The van der Waals surface area contributed by atoms with Crippen LogP contribution >= 0.6 is 23.2 Å². The summed E-state index contributed by atoms with van der Waals surface area (Å²) in [6.45, 7) is 3.72. The monoisotopic (exact) mass is 246 g/mol. The van der Waals surface area contributed by atoms with E-state index in [0.717, 1.165) is 0 Å². The molecule has 1 rings (SSSR count). The maximum absolute atomic E-state index is 11.1. The quantitative estimate of drug-likeness (QED) is 0.881. The van der Waals surface area contributed by atoms with Crippen molar-refractivity contribution in [1.82, 2.24) is 0 Å². The molecule has 0 heterocycles. The van der Waals surface area contributed by atoms with Crippen molar-refractivity contribution in [2.24, 2.45) is 5.92 Å². The van der Waals surface area contributed by atoms with Gasteiger partial charge in [0.1, 0.15) is 0 Å². The van der Waals surface area contributed by atoms with Gasteiger partial charge in [-0.25, -0.2) is 0 Å². The number of benzene rings is 1. The summed E-state index contributed by atoms with van der Waals surface area (Å²) in [6, 6.07) is 4.94. The minimum absolute atomic E-state index is 0.0137. The Kier molecular flexibility index (Phi) is 4.00. The molecule has 0 radical (unpaired) electrons. The molecule has 0 saturated carbocycles. The Bertz CT molecular complexity index is 375. The molecular formula is C11H12Cl2O2. The van der Waals surface area contributed by atoms with Gasteiger partial charge in [-0.15, -0.1) is 0 Å². The Hall–Kier alpha value is -0.730. The third-order valence-electron chi connectivity index (χ3n) is 2.24. The van der Waals surface area contributed by atoms with Gasteiger partial charge in [0.2, 0.25) is 0 Å². The highest BCUT2D eigenvalue weighted by molar-refractivity contribution is 6.42. The lowest BCUT2D eigenvalue weighted by Gasteiger charge is -2.16. The summed E-state index contributed by atoms with van der Waals surface area (Å²) in [6.07, 6.45) is 0. The van der Waals surface area contributed by atoms with Crippen LogP contribution in [0.1, 0.15) is 25.3 Å². The van der Waals surface area contributed by atoms with Crippen molar-refractivity contribution < 1.29 is 9.90 Å². The first-order valence-corrected chi connectivity index (χ1v) is 5.37. The number of halogens is 2. The van der Waals surface area contributed by atoms with E-state index in [2.05, 4.69) is 0 Å². The average molecular weight is 247 g/mol. The molecule has 0 spiro atoms. The van der Waals surface area contributed by atoms with Crippen molar-refractivity contribution in [3.05, 3.63) is 33.8 Å². The van der Waals surface area contributed by atoms with Gasteiger partial charge in [0.15, 0.2) is 0 Å². The van der Waals surface area contributed by atoms with E-state index < -0.39 is 11.9 Å². The van der Waals surface area contributed by atoms with Crippen LogP contribution in [0.2, 0.25) is 10.0 Å². The smallest absolute Gasteiger partial charge is 0.311 e. The van der Waals surface area contributed by atoms with Crippen molar-refractivity contribution in [2.45, 2.75) is 19.8 Å². The highest BCUT2D eigenvalue weighted by Crippen LogP contribution is 2.30. The Balaban J connectivity index is 3.12. The molecule has 0 fully saturated rings. The predicted octanol–water partition coefficient (Wildman–Crippen LogP) is 3.82. The normalized spacial score (nSPS) is 12.9. The summed E-state index contributed by atoms with van der Waals surface area (Å²) in [4.78, 5) is 11.1. The van der Waals surface area contributed by atoms with Crippen LogP contribution in [0.3, 0.4) is 0 Å². The molecule has 1 N–H and O–H groups in total. The molecule has 4 heteroatoms. The van der Waals surface area contributed by atoms with Crippen LogP contribution in [0, 0.1) is 5.92 Å². The molecule has 82 valence electrons. The van der Waals surface area contributed by atoms with Gasteiger partial charge in [0.25, 0.3) is 0 Å².